The molecule has 0 bridgehead atoms. The summed E-state index contributed by atoms with van der Waals surface area (Å²) in [6, 6.07) is 4.46. The third-order valence-corrected chi connectivity index (χ3v) is 3.03. The summed E-state index contributed by atoms with van der Waals surface area (Å²) in [4.78, 5) is 11.7. The number of aliphatic hydroxyl groups is 1. The highest BCUT2D eigenvalue weighted by molar-refractivity contribution is 5.81. The van der Waals surface area contributed by atoms with Gasteiger partial charge in [0.25, 0.3) is 5.91 Å². The van der Waals surface area contributed by atoms with Crippen LogP contribution in [0.25, 0.3) is 0 Å². The Morgan fingerprint density at radius 3 is 2.68 bits per heavy atom. The predicted molar refractivity (Wildman–Crippen MR) is 68.3 cm³/mol. The van der Waals surface area contributed by atoms with Crippen LogP contribution in [-0.4, -0.2) is 23.2 Å². The summed E-state index contributed by atoms with van der Waals surface area (Å²) in [6.45, 7) is 3.11. The van der Waals surface area contributed by atoms with Crippen molar-refractivity contribution in [1.29, 1.82) is 0 Å². The first-order valence-electron chi connectivity index (χ1n) is 6.42. The third-order valence-electron chi connectivity index (χ3n) is 3.03. The summed E-state index contributed by atoms with van der Waals surface area (Å²) in [5.74, 6) is -0.454. The molecule has 1 aliphatic rings. The van der Waals surface area contributed by atoms with Gasteiger partial charge in [-0.3, -0.25) is 4.79 Å². The number of amides is 1. The van der Waals surface area contributed by atoms with Crippen LogP contribution in [0.2, 0.25) is 0 Å². The smallest absolute Gasteiger partial charge is 0.260 e. The van der Waals surface area contributed by atoms with E-state index in [1.54, 1.807) is 13.0 Å². The van der Waals surface area contributed by atoms with Gasteiger partial charge < -0.3 is 15.2 Å². The number of halogens is 1. The van der Waals surface area contributed by atoms with Crippen LogP contribution in [0.4, 0.5) is 4.39 Å². The standard InChI is InChI=1S/C14H18FNO3/c1-8(17)12-6-5-11(7-13(12)15)19-9(2)14(18)16-10-3-4-10/h5-10,17H,3-4H2,1-2H3,(H,16,18). The number of hydrogen-bond acceptors (Lipinski definition) is 3. The maximum absolute atomic E-state index is 13.6. The number of benzene rings is 1. The maximum atomic E-state index is 13.6. The molecule has 0 radical (unpaired) electrons. The molecule has 0 aliphatic heterocycles. The van der Waals surface area contributed by atoms with Crippen molar-refractivity contribution in [2.24, 2.45) is 0 Å². The highest BCUT2D eigenvalue weighted by Crippen LogP contribution is 2.23. The molecule has 19 heavy (non-hydrogen) atoms. The van der Waals surface area contributed by atoms with E-state index in [0.717, 1.165) is 12.8 Å². The van der Waals surface area contributed by atoms with E-state index in [4.69, 9.17) is 4.74 Å². The van der Waals surface area contributed by atoms with Crippen LogP contribution in [-0.2, 0) is 4.79 Å². The zero-order valence-corrected chi connectivity index (χ0v) is 11.0. The molecule has 2 N–H and O–H groups in total. The lowest BCUT2D eigenvalue weighted by Crippen LogP contribution is -2.37. The predicted octanol–water partition coefficient (Wildman–Crippen LogP) is 1.92. The molecule has 1 saturated carbocycles. The summed E-state index contributed by atoms with van der Waals surface area (Å²) in [5, 5.41) is 12.1. The lowest BCUT2D eigenvalue weighted by molar-refractivity contribution is -0.127. The summed E-state index contributed by atoms with van der Waals surface area (Å²) < 4.78 is 19.0. The quantitative estimate of drug-likeness (QED) is 0.857. The third kappa shape index (κ3) is 3.67. The Bertz CT molecular complexity index is 472. The number of nitrogens with one attached hydrogen (secondary N) is 1. The van der Waals surface area contributed by atoms with Crippen LogP contribution < -0.4 is 10.1 Å². The second kappa shape index (κ2) is 5.57. The molecule has 0 saturated heterocycles. The molecular weight excluding hydrogens is 249 g/mol. The molecule has 2 rings (SSSR count). The Morgan fingerprint density at radius 1 is 1.47 bits per heavy atom. The van der Waals surface area contributed by atoms with Crippen LogP contribution in [0.5, 0.6) is 5.75 Å². The van der Waals surface area contributed by atoms with Gasteiger partial charge in [0.05, 0.1) is 6.10 Å². The van der Waals surface area contributed by atoms with Gasteiger partial charge >= 0.3 is 0 Å². The van der Waals surface area contributed by atoms with Gasteiger partial charge in [0.15, 0.2) is 6.10 Å². The SMILES string of the molecule is CC(Oc1ccc(C(C)O)c(F)c1)C(=O)NC1CC1. The molecule has 1 aromatic rings. The average Bonchev–Trinajstić information content (AvgIpc) is 3.12. The fourth-order valence-corrected chi connectivity index (χ4v) is 1.72. The fraction of sp³-hybridized carbons (Fsp3) is 0.500. The van der Waals surface area contributed by atoms with Gasteiger partial charge in [-0.25, -0.2) is 4.39 Å². The first-order chi connectivity index (χ1) is 8.97. The molecule has 2 unspecified atom stereocenters. The summed E-state index contributed by atoms with van der Waals surface area (Å²) in [6.07, 6.45) is 0.480. The Balaban J connectivity index is 1.98. The van der Waals surface area contributed by atoms with E-state index in [1.165, 1.54) is 19.1 Å². The lowest BCUT2D eigenvalue weighted by Gasteiger charge is -2.15. The zero-order chi connectivity index (χ0) is 14.0. The van der Waals surface area contributed by atoms with Crippen molar-refractivity contribution in [1.82, 2.24) is 5.32 Å². The first-order valence-corrected chi connectivity index (χ1v) is 6.42. The van der Waals surface area contributed by atoms with Crippen molar-refractivity contribution in [3.05, 3.63) is 29.6 Å². The van der Waals surface area contributed by atoms with Gasteiger partial charge in [0.1, 0.15) is 11.6 Å². The van der Waals surface area contributed by atoms with Crippen molar-refractivity contribution in [3.8, 4) is 5.75 Å². The van der Waals surface area contributed by atoms with E-state index in [-0.39, 0.29) is 23.3 Å². The van der Waals surface area contributed by atoms with Gasteiger partial charge in [-0.1, -0.05) is 0 Å². The Kier molecular flexibility index (Phi) is 4.04. The average molecular weight is 267 g/mol. The normalized spacial score (nSPS) is 17.7. The highest BCUT2D eigenvalue weighted by atomic mass is 19.1. The molecule has 104 valence electrons. The van der Waals surface area contributed by atoms with Gasteiger partial charge in [0, 0.05) is 17.7 Å². The summed E-state index contributed by atoms with van der Waals surface area (Å²) in [7, 11) is 0. The lowest BCUT2D eigenvalue weighted by atomic mass is 10.1. The van der Waals surface area contributed by atoms with Crippen molar-refractivity contribution in [2.75, 3.05) is 0 Å². The maximum Gasteiger partial charge on any atom is 0.260 e. The number of rotatable bonds is 5. The molecule has 2 atom stereocenters. The highest BCUT2D eigenvalue weighted by Gasteiger charge is 2.26. The van der Waals surface area contributed by atoms with Gasteiger partial charge in [-0.2, -0.15) is 0 Å². The van der Waals surface area contributed by atoms with E-state index in [0.29, 0.717) is 0 Å². The van der Waals surface area contributed by atoms with E-state index < -0.39 is 18.0 Å². The molecule has 0 spiro atoms. The molecule has 1 amide bonds. The number of hydrogen-bond donors (Lipinski definition) is 2. The molecule has 5 heteroatoms. The van der Waals surface area contributed by atoms with E-state index in [9.17, 15) is 14.3 Å². The largest absolute Gasteiger partial charge is 0.481 e. The molecule has 4 nitrogen and oxygen atoms in total. The van der Waals surface area contributed by atoms with Crippen molar-refractivity contribution >= 4 is 5.91 Å². The zero-order valence-electron chi connectivity index (χ0n) is 11.0. The van der Waals surface area contributed by atoms with E-state index in [1.807, 2.05) is 0 Å². The number of ether oxygens (including phenoxy) is 1. The monoisotopic (exact) mass is 267 g/mol. The van der Waals surface area contributed by atoms with Crippen LogP contribution in [0.3, 0.4) is 0 Å². The Morgan fingerprint density at radius 2 is 2.16 bits per heavy atom. The minimum absolute atomic E-state index is 0.192. The summed E-state index contributed by atoms with van der Waals surface area (Å²) >= 11 is 0. The number of aliphatic hydroxyl groups excluding tert-OH is 1. The van der Waals surface area contributed by atoms with Crippen molar-refractivity contribution < 1.29 is 19.0 Å². The van der Waals surface area contributed by atoms with Crippen LogP contribution in [0, 0.1) is 5.82 Å². The van der Waals surface area contributed by atoms with Crippen LogP contribution in [0.15, 0.2) is 18.2 Å². The molecule has 0 heterocycles. The minimum atomic E-state index is -0.871. The first kappa shape index (κ1) is 13.8. The number of carbonyl (C=O) groups is 1. The topological polar surface area (TPSA) is 58.6 Å². The molecule has 1 aliphatic carbocycles. The second-order valence-corrected chi connectivity index (χ2v) is 4.90. The van der Waals surface area contributed by atoms with Crippen LogP contribution in [0.1, 0.15) is 38.4 Å². The van der Waals surface area contributed by atoms with Crippen molar-refractivity contribution in [2.45, 2.75) is 44.9 Å². The number of carbonyl (C=O) groups excluding carboxylic acids is 1. The molecule has 1 fully saturated rings. The van der Waals surface area contributed by atoms with E-state index in [2.05, 4.69) is 5.32 Å². The van der Waals surface area contributed by atoms with Gasteiger partial charge in [0.2, 0.25) is 0 Å². The molecule has 0 aromatic heterocycles. The second-order valence-electron chi connectivity index (χ2n) is 4.90. The van der Waals surface area contributed by atoms with Crippen LogP contribution >= 0.6 is 0 Å². The van der Waals surface area contributed by atoms with Crippen molar-refractivity contribution in [3.63, 3.8) is 0 Å². The Hall–Kier alpha value is -1.62. The molecule has 1 aromatic carbocycles. The minimum Gasteiger partial charge on any atom is -0.481 e. The van der Waals surface area contributed by atoms with E-state index >= 15 is 0 Å². The Labute approximate surface area is 111 Å². The fourth-order valence-electron chi connectivity index (χ4n) is 1.72. The molecular formula is C14H18FNO3. The van der Waals surface area contributed by atoms with Gasteiger partial charge in [-0.15, -0.1) is 0 Å². The summed E-state index contributed by atoms with van der Waals surface area (Å²) in [5.41, 5.74) is 0.211. The van der Waals surface area contributed by atoms with Gasteiger partial charge in [-0.05, 0) is 38.8 Å².